The lowest BCUT2D eigenvalue weighted by atomic mass is 10.2. The molecular weight excluding hydrogens is 208 g/mol. The van der Waals surface area contributed by atoms with Crippen LogP contribution in [0.5, 0.6) is 0 Å². The fourth-order valence-corrected chi connectivity index (χ4v) is 1.15. The number of methoxy groups -OCH3 is 1. The fraction of sp³-hybridized carbons (Fsp3) is 0.364. The van der Waals surface area contributed by atoms with Crippen molar-refractivity contribution >= 4 is 5.97 Å². The number of hydrogen-bond acceptors (Lipinski definition) is 5. The molecule has 0 bridgehead atoms. The van der Waals surface area contributed by atoms with E-state index in [-0.39, 0.29) is 6.54 Å². The molecule has 5 nitrogen and oxygen atoms in total. The first-order chi connectivity index (χ1) is 7.69. The van der Waals surface area contributed by atoms with Gasteiger partial charge in [0.05, 0.1) is 0 Å². The summed E-state index contributed by atoms with van der Waals surface area (Å²) < 4.78 is 10.1. The Bertz CT molecular complexity index is 329. The largest absolute Gasteiger partial charge is 0.430 e. The molecule has 1 aromatic rings. The van der Waals surface area contributed by atoms with Gasteiger partial charge in [0.15, 0.2) is 0 Å². The van der Waals surface area contributed by atoms with E-state index in [9.17, 15) is 4.79 Å². The summed E-state index contributed by atoms with van der Waals surface area (Å²) in [5.74, 6) is -0.571. The van der Waals surface area contributed by atoms with Crippen molar-refractivity contribution in [1.82, 2.24) is 0 Å². The number of esters is 1. The van der Waals surface area contributed by atoms with Gasteiger partial charge in [0.1, 0.15) is 6.04 Å². The minimum atomic E-state index is -0.818. The summed E-state index contributed by atoms with van der Waals surface area (Å²) >= 11 is 0. The highest BCUT2D eigenvalue weighted by atomic mass is 16.7. The van der Waals surface area contributed by atoms with Crippen LogP contribution in [0.3, 0.4) is 0 Å². The highest BCUT2D eigenvalue weighted by molar-refractivity contribution is 5.75. The second kappa shape index (κ2) is 6.22. The monoisotopic (exact) mass is 224 g/mol. The number of nitrogens with two attached hydrogens (primary N) is 2. The van der Waals surface area contributed by atoms with Crippen LogP contribution in [0.15, 0.2) is 30.3 Å². The highest BCUT2D eigenvalue weighted by Crippen LogP contribution is 2.17. The molecule has 0 aliphatic carbocycles. The van der Waals surface area contributed by atoms with E-state index in [1.807, 2.05) is 18.2 Å². The van der Waals surface area contributed by atoms with Crippen LogP contribution in [0.2, 0.25) is 0 Å². The summed E-state index contributed by atoms with van der Waals surface area (Å²) in [5.41, 5.74) is 11.5. The zero-order valence-electron chi connectivity index (χ0n) is 9.13. The number of benzene rings is 1. The average molecular weight is 224 g/mol. The SMILES string of the molecule is COC(OC(=O)C(N)CN)c1ccccc1. The Labute approximate surface area is 94.3 Å². The molecule has 0 spiro atoms. The van der Waals surface area contributed by atoms with Crippen LogP contribution in [0.25, 0.3) is 0 Å². The third-order valence-electron chi connectivity index (χ3n) is 2.07. The minimum absolute atomic E-state index is 0.0457. The summed E-state index contributed by atoms with van der Waals surface area (Å²) in [5, 5.41) is 0. The van der Waals surface area contributed by atoms with E-state index in [1.165, 1.54) is 7.11 Å². The number of carbonyl (C=O) groups is 1. The molecule has 0 fully saturated rings. The van der Waals surface area contributed by atoms with Gasteiger partial charge in [0.2, 0.25) is 6.29 Å². The van der Waals surface area contributed by atoms with E-state index in [1.54, 1.807) is 12.1 Å². The highest BCUT2D eigenvalue weighted by Gasteiger charge is 2.19. The molecule has 0 saturated carbocycles. The van der Waals surface area contributed by atoms with Crippen molar-refractivity contribution in [2.24, 2.45) is 11.5 Å². The zero-order chi connectivity index (χ0) is 12.0. The molecule has 0 aromatic heterocycles. The molecule has 0 saturated heterocycles. The second-order valence-corrected chi connectivity index (χ2v) is 3.26. The average Bonchev–Trinajstić information content (AvgIpc) is 2.35. The van der Waals surface area contributed by atoms with E-state index in [0.717, 1.165) is 5.56 Å². The molecule has 5 heteroatoms. The molecule has 1 rings (SSSR count). The summed E-state index contributed by atoms with van der Waals surface area (Å²) in [6, 6.07) is 8.31. The van der Waals surface area contributed by atoms with Crippen LogP contribution < -0.4 is 11.5 Å². The molecule has 1 aromatic carbocycles. The first-order valence-electron chi connectivity index (χ1n) is 4.93. The van der Waals surface area contributed by atoms with Crippen molar-refractivity contribution in [3.63, 3.8) is 0 Å². The zero-order valence-corrected chi connectivity index (χ0v) is 9.13. The first-order valence-corrected chi connectivity index (χ1v) is 4.93. The topological polar surface area (TPSA) is 87.6 Å². The van der Waals surface area contributed by atoms with Crippen LogP contribution in [0.4, 0.5) is 0 Å². The van der Waals surface area contributed by atoms with E-state index in [2.05, 4.69) is 0 Å². The number of ether oxygens (including phenoxy) is 2. The number of carbonyl (C=O) groups excluding carboxylic acids is 1. The Hall–Kier alpha value is -1.43. The molecule has 0 radical (unpaired) electrons. The van der Waals surface area contributed by atoms with Crippen molar-refractivity contribution in [3.8, 4) is 0 Å². The Morgan fingerprint density at radius 3 is 2.50 bits per heavy atom. The van der Waals surface area contributed by atoms with Crippen molar-refractivity contribution in [2.75, 3.05) is 13.7 Å². The van der Waals surface area contributed by atoms with Gasteiger partial charge in [-0.15, -0.1) is 0 Å². The molecule has 16 heavy (non-hydrogen) atoms. The number of rotatable bonds is 5. The van der Waals surface area contributed by atoms with Gasteiger partial charge in [0.25, 0.3) is 0 Å². The molecule has 4 N–H and O–H groups in total. The van der Waals surface area contributed by atoms with Gasteiger partial charge in [0, 0.05) is 19.2 Å². The molecule has 2 unspecified atom stereocenters. The van der Waals surface area contributed by atoms with Crippen molar-refractivity contribution in [1.29, 1.82) is 0 Å². The van der Waals surface area contributed by atoms with Crippen molar-refractivity contribution < 1.29 is 14.3 Å². The van der Waals surface area contributed by atoms with Gasteiger partial charge in [-0.25, -0.2) is 0 Å². The van der Waals surface area contributed by atoms with E-state index < -0.39 is 18.3 Å². The quantitative estimate of drug-likeness (QED) is 0.549. The van der Waals surface area contributed by atoms with Crippen LogP contribution in [-0.4, -0.2) is 25.7 Å². The third-order valence-corrected chi connectivity index (χ3v) is 2.07. The van der Waals surface area contributed by atoms with Crippen molar-refractivity contribution in [3.05, 3.63) is 35.9 Å². The van der Waals surface area contributed by atoms with Crippen LogP contribution in [-0.2, 0) is 14.3 Å². The van der Waals surface area contributed by atoms with Gasteiger partial charge >= 0.3 is 5.97 Å². The molecule has 0 aliphatic rings. The summed E-state index contributed by atoms with van der Waals surface area (Å²) in [6.07, 6.45) is -0.744. The molecule has 2 atom stereocenters. The van der Waals surface area contributed by atoms with Crippen LogP contribution >= 0.6 is 0 Å². The minimum Gasteiger partial charge on any atom is -0.430 e. The second-order valence-electron chi connectivity index (χ2n) is 3.26. The normalized spacial score (nSPS) is 14.2. The molecule has 0 amide bonds. The number of hydrogen-bond donors (Lipinski definition) is 2. The lowest BCUT2D eigenvalue weighted by Gasteiger charge is -2.18. The van der Waals surface area contributed by atoms with E-state index in [4.69, 9.17) is 20.9 Å². The predicted molar refractivity (Wildman–Crippen MR) is 59.3 cm³/mol. The summed E-state index contributed by atoms with van der Waals surface area (Å²) in [7, 11) is 1.46. The van der Waals surface area contributed by atoms with Gasteiger partial charge in [-0.2, -0.15) is 0 Å². The maximum atomic E-state index is 11.4. The first kappa shape index (κ1) is 12.6. The van der Waals surface area contributed by atoms with Gasteiger partial charge in [-0.1, -0.05) is 30.3 Å². The van der Waals surface area contributed by atoms with Crippen LogP contribution in [0, 0.1) is 0 Å². The molecule has 0 aliphatic heterocycles. The van der Waals surface area contributed by atoms with E-state index >= 15 is 0 Å². The fourth-order valence-electron chi connectivity index (χ4n) is 1.15. The summed E-state index contributed by atoms with van der Waals surface area (Å²) in [4.78, 5) is 11.4. The summed E-state index contributed by atoms with van der Waals surface area (Å²) in [6.45, 7) is 0.0457. The molecule has 88 valence electrons. The maximum Gasteiger partial charge on any atom is 0.326 e. The lowest BCUT2D eigenvalue weighted by Crippen LogP contribution is -2.39. The Kier molecular flexibility index (Phi) is 4.91. The Morgan fingerprint density at radius 2 is 2.00 bits per heavy atom. The molecule has 0 heterocycles. The lowest BCUT2D eigenvalue weighted by molar-refractivity contribution is -0.176. The standard InChI is InChI=1S/C11H16N2O3/c1-15-11(8-5-3-2-4-6-8)16-10(14)9(13)7-12/h2-6,9,11H,7,12-13H2,1H3. The smallest absolute Gasteiger partial charge is 0.326 e. The molecular formula is C11H16N2O3. The third kappa shape index (κ3) is 3.30. The maximum absolute atomic E-state index is 11.4. The Balaban J connectivity index is 2.66. The van der Waals surface area contributed by atoms with Gasteiger partial charge in [-0.05, 0) is 0 Å². The van der Waals surface area contributed by atoms with Gasteiger partial charge in [-0.3, -0.25) is 4.79 Å². The predicted octanol–water partition coefficient (Wildman–Crippen LogP) is 0.161. The van der Waals surface area contributed by atoms with Crippen molar-refractivity contribution in [2.45, 2.75) is 12.3 Å². The van der Waals surface area contributed by atoms with E-state index in [0.29, 0.717) is 0 Å². The van der Waals surface area contributed by atoms with Gasteiger partial charge < -0.3 is 20.9 Å². The Morgan fingerprint density at radius 1 is 1.38 bits per heavy atom. The van der Waals surface area contributed by atoms with Crippen LogP contribution in [0.1, 0.15) is 11.9 Å².